The van der Waals surface area contributed by atoms with Gasteiger partial charge in [0.1, 0.15) is 0 Å². The third-order valence-corrected chi connectivity index (χ3v) is 4.01. The lowest BCUT2D eigenvalue weighted by molar-refractivity contribution is 0.225. The lowest BCUT2D eigenvalue weighted by atomic mass is 9.88. The monoisotopic (exact) mass is 246 g/mol. The first-order chi connectivity index (χ1) is 8.66. The second kappa shape index (κ2) is 6.35. The SMILES string of the molecule is Cc1cccc(C(CC2CCCNC2)N(C)C)c1. The van der Waals surface area contributed by atoms with E-state index in [2.05, 4.69) is 55.5 Å². The molecule has 0 saturated carbocycles. The van der Waals surface area contributed by atoms with Crippen LogP contribution >= 0.6 is 0 Å². The summed E-state index contributed by atoms with van der Waals surface area (Å²) in [6.45, 7) is 4.57. The summed E-state index contributed by atoms with van der Waals surface area (Å²) in [5.74, 6) is 0.826. The van der Waals surface area contributed by atoms with Crippen LogP contribution in [-0.2, 0) is 0 Å². The number of nitrogens with zero attached hydrogens (tertiary/aromatic N) is 1. The Morgan fingerprint density at radius 2 is 2.22 bits per heavy atom. The number of nitrogens with one attached hydrogen (secondary N) is 1. The first kappa shape index (κ1) is 13.6. The van der Waals surface area contributed by atoms with Crippen LogP contribution in [0.2, 0.25) is 0 Å². The second-order valence-corrected chi connectivity index (χ2v) is 5.84. The van der Waals surface area contributed by atoms with Gasteiger partial charge in [-0.25, -0.2) is 0 Å². The molecule has 1 N–H and O–H groups in total. The Balaban J connectivity index is 2.07. The molecule has 0 bridgehead atoms. The number of hydrogen-bond donors (Lipinski definition) is 1. The number of rotatable bonds is 4. The average Bonchev–Trinajstić information content (AvgIpc) is 2.37. The van der Waals surface area contributed by atoms with Gasteiger partial charge in [0, 0.05) is 6.04 Å². The maximum absolute atomic E-state index is 3.52. The molecule has 2 atom stereocenters. The van der Waals surface area contributed by atoms with Crippen molar-refractivity contribution in [1.82, 2.24) is 10.2 Å². The highest BCUT2D eigenvalue weighted by molar-refractivity contribution is 5.25. The van der Waals surface area contributed by atoms with Gasteiger partial charge < -0.3 is 10.2 Å². The molecule has 2 rings (SSSR count). The van der Waals surface area contributed by atoms with E-state index in [0.717, 1.165) is 5.92 Å². The van der Waals surface area contributed by atoms with E-state index in [1.807, 2.05) is 0 Å². The third-order valence-electron chi connectivity index (χ3n) is 4.01. The van der Waals surface area contributed by atoms with Gasteiger partial charge in [0.2, 0.25) is 0 Å². The van der Waals surface area contributed by atoms with Crippen LogP contribution in [0.25, 0.3) is 0 Å². The average molecular weight is 246 g/mol. The zero-order valence-electron chi connectivity index (χ0n) is 11.9. The Labute approximate surface area is 111 Å². The van der Waals surface area contributed by atoms with Crippen LogP contribution in [0.1, 0.15) is 36.4 Å². The van der Waals surface area contributed by atoms with Gasteiger partial charge in [-0.15, -0.1) is 0 Å². The maximum Gasteiger partial charge on any atom is 0.0345 e. The summed E-state index contributed by atoms with van der Waals surface area (Å²) in [5, 5.41) is 3.52. The van der Waals surface area contributed by atoms with E-state index in [9.17, 15) is 0 Å². The normalized spacial score (nSPS) is 22.1. The molecule has 1 heterocycles. The van der Waals surface area contributed by atoms with E-state index >= 15 is 0 Å². The fraction of sp³-hybridized carbons (Fsp3) is 0.625. The summed E-state index contributed by atoms with van der Waals surface area (Å²) >= 11 is 0. The van der Waals surface area contributed by atoms with Gasteiger partial charge in [0.05, 0.1) is 0 Å². The van der Waals surface area contributed by atoms with Crippen molar-refractivity contribution < 1.29 is 0 Å². The van der Waals surface area contributed by atoms with Crippen LogP contribution in [0, 0.1) is 12.8 Å². The van der Waals surface area contributed by atoms with Crippen molar-refractivity contribution in [3.05, 3.63) is 35.4 Å². The van der Waals surface area contributed by atoms with Gasteiger partial charge in [0.25, 0.3) is 0 Å². The fourth-order valence-corrected chi connectivity index (χ4v) is 2.96. The second-order valence-electron chi connectivity index (χ2n) is 5.84. The lowest BCUT2D eigenvalue weighted by Gasteiger charge is -2.31. The lowest BCUT2D eigenvalue weighted by Crippen LogP contribution is -2.33. The summed E-state index contributed by atoms with van der Waals surface area (Å²) < 4.78 is 0. The van der Waals surface area contributed by atoms with E-state index < -0.39 is 0 Å². The molecule has 1 aromatic carbocycles. The zero-order valence-corrected chi connectivity index (χ0v) is 11.9. The Morgan fingerprint density at radius 1 is 1.39 bits per heavy atom. The van der Waals surface area contributed by atoms with Crippen molar-refractivity contribution in [2.45, 2.75) is 32.2 Å². The number of hydrogen-bond acceptors (Lipinski definition) is 2. The van der Waals surface area contributed by atoms with Crippen LogP contribution in [0.5, 0.6) is 0 Å². The number of piperidine rings is 1. The topological polar surface area (TPSA) is 15.3 Å². The van der Waals surface area contributed by atoms with Gasteiger partial charge in [-0.05, 0) is 64.9 Å². The molecule has 0 radical (unpaired) electrons. The first-order valence-electron chi connectivity index (χ1n) is 7.10. The molecule has 1 aliphatic heterocycles. The Hall–Kier alpha value is -0.860. The maximum atomic E-state index is 3.52. The predicted molar refractivity (Wildman–Crippen MR) is 77.8 cm³/mol. The Morgan fingerprint density at radius 3 is 2.83 bits per heavy atom. The minimum Gasteiger partial charge on any atom is -0.316 e. The highest BCUT2D eigenvalue weighted by atomic mass is 15.1. The van der Waals surface area contributed by atoms with E-state index in [0.29, 0.717) is 6.04 Å². The number of aryl methyl sites for hydroxylation is 1. The quantitative estimate of drug-likeness (QED) is 0.878. The Kier molecular flexibility index (Phi) is 4.79. The van der Waals surface area contributed by atoms with Crippen molar-refractivity contribution in [3.63, 3.8) is 0 Å². The molecular weight excluding hydrogens is 220 g/mol. The first-order valence-corrected chi connectivity index (χ1v) is 7.10. The molecule has 2 unspecified atom stereocenters. The molecule has 2 nitrogen and oxygen atoms in total. The summed E-state index contributed by atoms with van der Waals surface area (Å²) in [4.78, 5) is 2.36. The Bertz CT molecular complexity index is 367. The molecule has 1 aliphatic rings. The van der Waals surface area contributed by atoms with Crippen molar-refractivity contribution >= 4 is 0 Å². The molecule has 100 valence electrons. The molecule has 1 aromatic rings. The summed E-state index contributed by atoms with van der Waals surface area (Å²) in [6, 6.07) is 9.52. The molecule has 0 amide bonds. The van der Waals surface area contributed by atoms with E-state index in [1.54, 1.807) is 0 Å². The van der Waals surface area contributed by atoms with Crippen molar-refractivity contribution in [2.75, 3.05) is 27.2 Å². The highest BCUT2D eigenvalue weighted by Gasteiger charge is 2.21. The molecule has 1 saturated heterocycles. The van der Waals surface area contributed by atoms with Gasteiger partial charge in [0.15, 0.2) is 0 Å². The van der Waals surface area contributed by atoms with Gasteiger partial charge in [-0.1, -0.05) is 29.8 Å². The molecular formula is C16H26N2. The number of benzene rings is 1. The summed E-state index contributed by atoms with van der Waals surface area (Å²) in [5.41, 5.74) is 2.83. The minimum atomic E-state index is 0.551. The molecule has 1 fully saturated rings. The van der Waals surface area contributed by atoms with Gasteiger partial charge in [-0.3, -0.25) is 0 Å². The fourth-order valence-electron chi connectivity index (χ4n) is 2.96. The summed E-state index contributed by atoms with van der Waals surface area (Å²) in [7, 11) is 4.40. The molecule has 0 aliphatic carbocycles. The van der Waals surface area contributed by atoms with Crippen molar-refractivity contribution in [3.8, 4) is 0 Å². The van der Waals surface area contributed by atoms with Crippen LogP contribution in [0.15, 0.2) is 24.3 Å². The van der Waals surface area contributed by atoms with Crippen LogP contribution < -0.4 is 5.32 Å². The molecule has 0 aromatic heterocycles. The van der Waals surface area contributed by atoms with Gasteiger partial charge >= 0.3 is 0 Å². The van der Waals surface area contributed by atoms with Crippen LogP contribution in [0.4, 0.5) is 0 Å². The van der Waals surface area contributed by atoms with Crippen LogP contribution in [-0.4, -0.2) is 32.1 Å². The molecule has 2 heteroatoms. The largest absolute Gasteiger partial charge is 0.316 e. The van der Waals surface area contributed by atoms with E-state index in [4.69, 9.17) is 0 Å². The molecule has 18 heavy (non-hydrogen) atoms. The van der Waals surface area contributed by atoms with E-state index in [1.165, 1.54) is 43.5 Å². The third kappa shape index (κ3) is 3.56. The summed E-state index contributed by atoms with van der Waals surface area (Å²) in [6.07, 6.45) is 3.98. The standard InChI is InChI=1S/C16H26N2/c1-13-6-4-8-15(10-13)16(18(2)3)11-14-7-5-9-17-12-14/h4,6,8,10,14,16-17H,5,7,9,11-12H2,1-3H3. The van der Waals surface area contributed by atoms with Crippen molar-refractivity contribution in [2.24, 2.45) is 5.92 Å². The molecule has 0 spiro atoms. The van der Waals surface area contributed by atoms with Crippen molar-refractivity contribution in [1.29, 1.82) is 0 Å². The highest BCUT2D eigenvalue weighted by Crippen LogP contribution is 2.29. The zero-order chi connectivity index (χ0) is 13.0. The van der Waals surface area contributed by atoms with Crippen LogP contribution in [0.3, 0.4) is 0 Å². The van der Waals surface area contributed by atoms with Gasteiger partial charge in [-0.2, -0.15) is 0 Å². The minimum absolute atomic E-state index is 0.551. The predicted octanol–water partition coefficient (Wildman–Crippen LogP) is 2.99. The van der Waals surface area contributed by atoms with E-state index in [-0.39, 0.29) is 0 Å². The smallest absolute Gasteiger partial charge is 0.0345 e.